The third-order valence-corrected chi connectivity index (χ3v) is 6.56. The number of thiophene rings is 1. The summed E-state index contributed by atoms with van der Waals surface area (Å²) in [6, 6.07) is 8.28. The zero-order valence-electron chi connectivity index (χ0n) is 18.1. The standard InChI is InChI=1S/C21H16F3N5O4S2/c1-28-17-15(19(31)29(2)20(28)32)18(27-16(26-17)13-4-3-9-34-13)35-10-14(30)25-11-5-7-12(8-6-11)33-21(22,23)24/h3-9H,10H2,1-2H3,(H,25,30). The number of carbonyl (C=O) groups is 1. The van der Waals surface area contributed by atoms with E-state index in [0.717, 1.165) is 28.5 Å². The highest BCUT2D eigenvalue weighted by Crippen LogP contribution is 2.28. The van der Waals surface area contributed by atoms with Gasteiger partial charge in [0.25, 0.3) is 5.56 Å². The van der Waals surface area contributed by atoms with Crippen LogP contribution in [0.25, 0.3) is 21.7 Å². The fourth-order valence-electron chi connectivity index (χ4n) is 3.12. The van der Waals surface area contributed by atoms with Crippen LogP contribution in [0.2, 0.25) is 0 Å². The summed E-state index contributed by atoms with van der Waals surface area (Å²) in [6.45, 7) is 0. The van der Waals surface area contributed by atoms with Crippen molar-refractivity contribution in [1.29, 1.82) is 0 Å². The van der Waals surface area contributed by atoms with Gasteiger partial charge < -0.3 is 10.1 Å². The molecule has 0 radical (unpaired) electrons. The summed E-state index contributed by atoms with van der Waals surface area (Å²) in [6.07, 6.45) is -4.82. The lowest BCUT2D eigenvalue weighted by atomic mass is 10.3. The smallest absolute Gasteiger partial charge is 0.406 e. The molecule has 0 unspecified atom stereocenters. The Balaban J connectivity index is 1.60. The number of carbonyl (C=O) groups excluding carboxylic acids is 1. The van der Waals surface area contributed by atoms with Crippen molar-refractivity contribution in [3.63, 3.8) is 0 Å². The number of hydrogen-bond donors (Lipinski definition) is 1. The van der Waals surface area contributed by atoms with Crippen molar-refractivity contribution in [3.05, 3.63) is 62.6 Å². The van der Waals surface area contributed by atoms with Crippen molar-refractivity contribution in [2.45, 2.75) is 11.4 Å². The average Bonchev–Trinajstić information content (AvgIpc) is 3.35. The topological polar surface area (TPSA) is 108 Å². The number of hydrogen-bond acceptors (Lipinski definition) is 8. The summed E-state index contributed by atoms with van der Waals surface area (Å²) in [4.78, 5) is 47.4. The lowest BCUT2D eigenvalue weighted by molar-refractivity contribution is -0.274. The molecular formula is C21H16F3N5O4S2. The minimum Gasteiger partial charge on any atom is -0.406 e. The average molecular weight is 524 g/mol. The number of rotatable bonds is 6. The molecule has 14 heteroatoms. The number of thioether (sulfide) groups is 1. The number of ether oxygens (including phenoxy) is 1. The summed E-state index contributed by atoms with van der Waals surface area (Å²) in [5.74, 6) is -0.757. The Hall–Kier alpha value is -3.65. The van der Waals surface area contributed by atoms with E-state index in [9.17, 15) is 27.6 Å². The van der Waals surface area contributed by atoms with Crippen molar-refractivity contribution in [2.75, 3.05) is 11.1 Å². The zero-order valence-corrected chi connectivity index (χ0v) is 19.8. The molecule has 1 amide bonds. The van der Waals surface area contributed by atoms with Gasteiger partial charge in [-0.05, 0) is 35.7 Å². The lowest BCUT2D eigenvalue weighted by Gasteiger charge is -2.12. The van der Waals surface area contributed by atoms with E-state index in [1.165, 1.54) is 42.1 Å². The fourth-order valence-corrected chi connectivity index (χ4v) is 4.59. The van der Waals surface area contributed by atoms with Gasteiger partial charge in [0.2, 0.25) is 5.91 Å². The second-order valence-corrected chi connectivity index (χ2v) is 9.05. The van der Waals surface area contributed by atoms with Crippen LogP contribution in [0.1, 0.15) is 0 Å². The number of aryl methyl sites for hydroxylation is 1. The van der Waals surface area contributed by atoms with Gasteiger partial charge in [0.1, 0.15) is 16.2 Å². The number of alkyl halides is 3. The highest BCUT2D eigenvalue weighted by atomic mass is 32.2. The van der Waals surface area contributed by atoms with Gasteiger partial charge in [-0.25, -0.2) is 14.8 Å². The Morgan fingerprint density at radius 1 is 1.11 bits per heavy atom. The van der Waals surface area contributed by atoms with Gasteiger partial charge in [-0.2, -0.15) is 0 Å². The molecule has 3 aromatic heterocycles. The first kappa shape index (κ1) is 24.5. The number of amides is 1. The van der Waals surface area contributed by atoms with E-state index in [-0.39, 0.29) is 27.5 Å². The predicted molar refractivity (Wildman–Crippen MR) is 126 cm³/mol. The summed E-state index contributed by atoms with van der Waals surface area (Å²) in [7, 11) is 2.83. The number of benzene rings is 1. The molecule has 0 aliphatic carbocycles. The van der Waals surface area contributed by atoms with E-state index < -0.39 is 29.3 Å². The summed E-state index contributed by atoms with van der Waals surface area (Å²) >= 11 is 2.35. The van der Waals surface area contributed by atoms with Gasteiger partial charge in [-0.3, -0.25) is 18.7 Å². The Morgan fingerprint density at radius 2 is 1.83 bits per heavy atom. The lowest BCUT2D eigenvalue weighted by Crippen LogP contribution is -2.37. The first-order chi connectivity index (χ1) is 16.5. The molecule has 0 aliphatic rings. The largest absolute Gasteiger partial charge is 0.573 e. The van der Waals surface area contributed by atoms with Crippen LogP contribution in [0.4, 0.5) is 18.9 Å². The maximum Gasteiger partial charge on any atom is 0.573 e. The van der Waals surface area contributed by atoms with Crippen molar-refractivity contribution in [1.82, 2.24) is 19.1 Å². The minimum atomic E-state index is -4.82. The molecule has 0 saturated heterocycles. The Labute approximate surface area is 203 Å². The van der Waals surface area contributed by atoms with Gasteiger partial charge in [0.05, 0.1) is 10.6 Å². The number of anilines is 1. The van der Waals surface area contributed by atoms with Crippen LogP contribution in [-0.2, 0) is 18.9 Å². The van der Waals surface area contributed by atoms with Gasteiger partial charge in [0.15, 0.2) is 11.5 Å². The summed E-state index contributed by atoms with van der Waals surface area (Å²) in [5, 5.41) is 4.71. The van der Waals surface area contributed by atoms with Crippen LogP contribution in [-0.4, -0.2) is 37.1 Å². The molecule has 0 spiro atoms. The van der Waals surface area contributed by atoms with E-state index in [4.69, 9.17) is 0 Å². The van der Waals surface area contributed by atoms with Crippen molar-refractivity contribution in [3.8, 4) is 16.5 Å². The van der Waals surface area contributed by atoms with Gasteiger partial charge in [-0.15, -0.1) is 24.5 Å². The SMILES string of the molecule is Cn1c(=O)c2c(SCC(=O)Nc3ccc(OC(F)(F)F)cc3)nc(-c3cccs3)nc2n(C)c1=O. The molecule has 0 saturated carbocycles. The van der Waals surface area contributed by atoms with Gasteiger partial charge in [-0.1, -0.05) is 17.8 Å². The second kappa shape index (κ2) is 9.54. The third-order valence-electron chi connectivity index (χ3n) is 4.72. The monoisotopic (exact) mass is 523 g/mol. The van der Waals surface area contributed by atoms with E-state index in [0.29, 0.717) is 10.7 Å². The number of fused-ring (bicyclic) bond motifs is 1. The van der Waals surface area contributed by atoms with Crippen LogP contribution >= 0.6 is 23.1 Å². The maximum atomic E-state index is 12.9. The first-order valence-electron chi connectivity index (χ1n) is 9.83. The molecular weight excluding hydrogens is 507 g/mol. The third kappa shape index (κ3) is 5.38. The highest BCUT2D eigenvalue weighted by Gasteiger charge is 2.31. The molecule has 182 valence electrons. The minimum absolute atomic E-state index is 0.0985. The van der Waals surface area contributed by atoms with Crippen LogP contribution in [0.5, 0.6) is 5.75 Å². The molecule has 4 aromatic rings. The molecule has 4 rings (SSSR count). The number of aromatic nitrogens is 4. The fraction of sp³-hybridized carbons (Fsp3) is 0.190. The number of halogens is 3. The molecule has 0 aliphatic heterocycles. The Bertz CT molecular complexity index is 1510. The number of nitrogens with zero attached hydrogens (tertiary/aromatic N) is 4. The maximum absolute atomic E-state index is 12.9. The van der Waals surface area contributed by atoms with Gasteiger partial charge in [0, 0.05) is 19.8 Å². The van der Waals surface area contributed by atoms with Crippen LogP contribution in [0.3, 0.4) is 0 Å². The molecule has 3 heterocycles. The van der Waals surface area contributed by atoms with Crippen molar-refractivity contribution < 1.29 is 22.7 Å². The molecule has 0 bridgehead atoms. The molecule has 1 N–H and O–H groups in total. The van der Waals surface area contributed by atoms with Crippen molar-refractivity contribution in [2.24, 2.45) is 14.1 Å². The van der Waals surface area contributed by atoms with E-state index in [1.54, 1.807) is 6.07 Å². The van der Waals surface area contributed by atoms with E-state index >= 15 is 0 Å². The normalized spacial score (nSPS) is 11.6. The van der Waals surface area contributed by atoms with Crippen LogP contribution in [0, 0.1) is 0 Å². The van der Waals surface area contributed by atoms with Crippen LogP contribution < -0.4 is 21.3 Å². The van der Waals surface area contributed by atoms with Crippen LogP contribution in [0.15, 0.2) is 56.4 Å². The Kier molecular flexibility index (Phi) is 6.67. The second-order valence-electron chi connectivity index (χ2n) is 7.14. The molecule has 1 aromatic carbocycles. The molecule has 0 atom stereocenters. The van der Waals surface area contributed by atoms with Crippen molar-refractivity contribution >= 4 is 45.7 Å². The number of nitrogens with one attached hydrogen (secondary N) is 1. The van der Waals surface area contributed by atoms with E-state index in [1.807, 2.05) is 11.4 Å². The summed E-state index contributed by atoms with van der Waals surface area (Å²) in [5.41, 5.74) is -0.746. The van der Waals surface area contributed by atoms with Gasteiger partial charge >= 0.3 is 12.1 Å². The molecule has 35 heavy (non-hydrogen) atoms. The molecule has 9 nitrogen and oxygen atoms in total. The zero-order chi connectivity index (χ0) is 25.3. The van der Waals surface area contributed by atoms with E-state index in [2.05, 4.69) is 20.0 Å². The predicted octanol–water partition coefficient (Wildman–Crippen LogP) is 3.39. The quantitative estimate of drug-likeness (QED) is 0.305. The highest BCUT2D eigenvalue weighted by molar-refractivity contribution is 8.00. The first-order valence-corrected chi connectivity index (χ1v) is 11.7. The molecule has 0 fully saturated rings. The summed E-state index contributed by atoms with van der Waals surface area (Å²) < 4.78 is 42.9. The Morgan fingerprint density at radius 3 is 2.46 bits per heavy atom.